The van der Waals surface area contributed by atoms with Crippen LogP contribution in [0.3, 0.4) is 0 Å². The van der Waals surface area contributed by atoms with E-state index in [0.717, 1.165) is 18.2 Å². The zero-order valence-electron chi connectivity index (χ0n) is 10.8. The van der Waals surface area contributed by atoms with E-state index in [1.807, 2.05) is 12.5 Å². The van der Waals surface area contributed by atoms with Crippen LogP contribution in [0, 0.1) is 5.92 Å². The number of aliphatic carboxylic acids is 1. The maximum absolute atomic E-state index is 10.5. The van der Waals surface area contributed by atoms with E-state index in [4.69, 9.17) is 5.11 Å². The number of aryl methyl sites for hydroxylation is 2. The number of carboxylic acid groups (broad SMARTS) is 1. The van der Waals surface area contributed by atoms with E-state index in [1.54, 1.807) is 0 Å². The summed E-state index contributed by atoms with van der Waals surface area (Å²) in [5.74, 6) is 0.121. The van der Waals surface area contributed by atoms with Crippen molar-refractivity contribution >= 4 is 5.97 Å². The lowest BCUT2D eigenvalue weighted by molar-refractivity contribution is -0.136. The lowest BCUT2D eigenvalue weighted by atomic mass is 9.87. The van der Waals surface area contributed by atoms with Gasteiger partial charge in [0, 0.05) is 19.2 Å². The van der Waals surface area contributed by atoms with E-state index < -0.39 is 5.97 Å². The van der Waals surface area contributed by atoms with Crippen molar-refractivity contribution < 1.29 is 9.90 Å². The van der Waals surface area contributed by atoms with Gasteiger partial charge in [-0.2, -0.15) is 0 Å². The van der Waals surface area contributed by atoms with Crippen molar-refractivity contribution in [3.63, 3.8) is 0 Å². The molecule has 0 radical (unpaired) electrons. The third kappa shape index (κ3) is 4.17. The first-order valence-electron chi connectivity index (χ1n) is 6.96. The van der Waals surface area contributed by atoms with Crippen LogP contribution >= 0.6 is 0 Å². The Bertz CT molecular complexity index is 381. The number of imidazole rings is 1. The van der Waals surface area contributed by atoms with Crippen molar-refractivity contribution in [2.45, 2.75) is 57.9 Å². The SMILES string of the molecule is O=C(O)CCc1cn(CCC2CCCCC2)cn1. The number of hydrogen-bond acceptors (Lipinski definition) is 2. The largest absolute Gasteiger partial charge is 0.481 e. The molecule has 1 fully saturated rings. The maximum atomic E-state index is 10.5. The molecular formula is C14H22N2O2. The molecule has 0 saturated heterocycles. The van der Waals surface area contributed by atoms with Gasteiger partial charge < -0.3 is 9.67 Å². The minimum atomic E-state index is -0.758. The third-order valence-corrected chi connectivity index (χ3v) is 3.80. The first-order valence-corrected chi connectivity index (χ1v) is 6.96. The Morgan fingerprint density at radius 3 is 2.89 bits per heavy atom. The van der Waals surface area contributed by atoms with Crippen molar-refractivity contribution in [1.82, 2.24) is 9.55 Å². The van der Waals surface area contributed by atoms with Gasteiger partial charge in [-0.25, -0.2) is 4.98 Å². The van der Waals surface area contributed by atoms with Gasteiger partial charge in [0.15, 0.2) is 0 Å². The highest BCUT2D eigenvalue weighted by Crippen LogP contribution is 2.26. The molecule has 0 amide bonds. The molecule has 0 spiro atoms. The number of carboxylic acids is 1. The second kappa shape index (κ2) is 6.57. The van der Waals surface area contributed by atoms with E-state index >= 15 is 0 Å². The Morgan fingerprint density at radius 2 is 2.17 bits per heavy atom. The average Bonchev–Trinajstić information content (AvgIpc) is 2.83. The molecule has 0 bridgehead atoms. The number of nitrogens with zero attached hydrogens (tertiary/aromatic N) is 2. The van der Waals surface area contributed by atoms with Crippen molar-refractivity contribution in [2.75, 3.05) is 0 Å². The summed E-state index contributed by atoms with van der Waals surface area (Å²) in [6, 6.07) is 0. The normalized spacial score (nSPS) is 16.9. The van der Waals surface area contributed by atoms with Crippen LogP contribution in [0.1, 0.15) is 50.6 Å². The molecule has 100 valence electrons. The maximum Gasteiger partial charge on any atom is 0.303 e. The van der Waals surface area contributed by atoms with Crippen LogP contribution in [0.2, 0.25) is 0 Å². The van der Waals surface area contributed by atoms with Crippen LogP contribution in [0.15, 0.2) is 12.5 Å². The van der Waals surface area contributed by atoms with Crippen molar-refractivity contribution in [2.24, 2.45) is 5.92 Å². The number of carbonyl (C=O) groups is 1. The Hall–Kier alpha value is -1.32. The molecule has 1 aliphatic carbocycles. The van der Waals surface area contributed by atoms with Crippen LogP contribution in [0.4, 0.5) is 0 Å². The lowest BCUT2D eigenvalue weighted by Gasteiger charge is -2.21. The van der Waals surface area contributed by atoms with Gasteiger partial charge in [0.05, 0.1) is 18.4 Å². The van der Waals surface area contributed by atoms with Gasteiger partial charge in [-0.05, 0) is 12.3 Å². The predicted molar refractivity (Wildman–Crippen MR) is 69.4 cm³/mol. The minimum Gasteiger partial charge on any atom is -0.481 e. The van der Waals surface area contributed by atoms with E-state index in [9.17, 15) is 4.79 Å². The molecule has 2 rings (SSSR count). The van der Waals surface area contributed by atoms with E-state index in [-0.39, 0.29) is 6.42 Å². The van der Waals surface area contributed by atoms with Gasteiger partial charge in [-0.1, -0.05) is 32.1 Å². The Morgan fingerprint density at radius 1 is 1.39 bits per heavy atom. The highest BCUT2D eigenvalue weighted by atomic mass is 16.4. The number of rotatable bonds is 6. The highest BCUT2D eigenvalue weighted by Gasteiger charge is 2.13. The quantitative estimate of drug-likeness (QED) is 0.844. The zero-order valence-corrected chi connectivity index (χ0v) is 10.8. The van der Waals surface area contributed by atoms with Crippen molar-refractivity contribution in [1.29, 1.82) is 0 Å². The monoisotopic (exact) mass is 250 g/mol. The van der Waals surface area contributed by atoms with Crippen LogP contribution < -0.4 is 0 Å². The minimum absolute atomic E-state index is 0.166. The summed E-state index contributed by atoms with van der Waals surface area (Å²) in [6.45, 7) is 1.02. The van der Waals surface area contributed by atoms with Crippen LogP contribution in [0.25, 0.3) is 0 Å². The second-order valence-corrected chi connectivity index (χ2v) is 5.29. The van der Waals surface area contributed by atoms with Crippen LogP contribution in [-0.2, 0) is 17.8 Å². The molecule has 0 unspecified atom stereocenters. The predicted octanol–water partition coefficient (Wildman–Crippen LogP) is 2.87. The first kappa shape index (κ1) is 13.1. The third-order valence-electron chi connectivity index (χ3n) is 3.80. The second-order valence-electron chi connectivity index (χ2n) is 5.29. The summed E-state index contributed by atoms with van der Waals surface area (Å²) in [5.41, 5.74) is 0.890. The Labute approximate surface area is 108 Å². The highest BCUT2D eigenvalue weighted by molar-refractivity contribution is 5.66. The lowest BCUT2D eigenvalue weighted by Crippen LogP contribution is -2.09. The Balaban J connectivity index is 1.73. The van der Waals surface area contributed by atoms with Crippen LogP contribution in [-0.4, -0.2) is 20.6 Å². The fourth-order valence-corrected chi connectivity index (χ4v) is 2.70. The summed E-state index contributed by atoms with van der Waals surface area (Å²) in [6.07, 6.45) is 12.7. The molecule has 0 aromatic carbocycles. The molecule has 0 aliphatic heterocycles. The van der Waals surface area contributed by atoms with Crippen molar-refractivity contribution in [3.8, 4) is 0 Å². The number of hydrogen-bond donors (Lipinski definition) is 1. The molecule has 4 heteroatoms. The van der Waals surface area contributed by atoms with E-state index in [0.29, 0.717) is 6.42 Å². The summed E-state index contributed by atoms with van der Waals surface area (Å²) >= 11 is 0. The van der Waals surface area contributed by atoms with Gasteiger partial charge in [0.2, 0.25) is 0 Å². The van der Waals surface area contributed by atoms with Gasteiger partial charge >= 0.3 is 5.97 Å². The summed E-state index contributed by atoms with van der Waals surface area (Å²) in [4.78, 5) is 14.7. The molecule has 18 heavy (non-hydrogen) atoms. The summed E-state index contributed by atoms with van der Waals surface area (Å²) < 4.78 is 2.10. The molecule has 0 atom stereocenters. The van der Waals surface area contributed by atoms with E-state index in [2.05, 4.69) is 9.55 Å². The summed E-state index contributed by atoms with van der Waals surface area (Å²) in [5, 5.41) is 8.62. The fourth-order valence-electron chi connectivity index (χ4n) is 2.70. The molecule has 1 heterocycles. The average molecular weight is 250 g/mol. The van der Waals surface area contributed by atoms with Crippen LogP contribution in [0.5, 0.6) is 0 Å². The fraction of sp³-hybridized carbons (Fsp3) is 0.714. The van der Waals surface area contributed by atoms with Gasteiger partial charge in [-0.15, -0.1) is 0 Å². The first-order chi connectivity index (χ1) is 8.74. The van der Waals surface area contributed by atoms with Gasteiger partial charge in [-0.3, -0.25) is 4.79 Å². The van der Waals surface area contributed by atoms with Gasteiger partial charge in [0.1, 0.15) is 0 Å². The standard InChI is InChI=1S/C14H22N2O2/c17-14(18)7-6-13-10-16(11-15-13)9-8-12-4-2-1-3-5-12/h10-12H,1-9H2,(H,17,18). The molecule has 1 aromatic rings. The smallest absolute Gasteiger partial charge is 0.303 e. The molecular weight excluding hydrogens is 228 g/mol. The molecule has 1 saturated carbocycles. The zero-order chi connectivity index (χ0) is 12.8. The molecule has 1 aromatic heterocycles. The number of aromatic nitrogens is 2. The summed E-state index contributed by atoms with van der Waals surface area (Å²) in [7, 11) is 0. The Kier molecular flexibility index (Phi) is 4.79. The topological polar surface area (TPSA) is 55.1 Å². The molecule has 1 aliphatic rings. The van der Waals surface area contributed by atoms with Gasteiger partial charge in [0.25, 0.3) is 0 Å². The van der Waals surface area contributed by atoms with Crippen molar-refractivity contribution in [3.05, 3.63) is 18.2 Å². The van der Waals surface area contributed by atoms with E-state index in [1.165, 1.54) is 38.5 Å². The molecule has 4 nitrogen and oxygen atoms in total. The molecule has 1 N–H and O–H groups in total.